The molecule has 5 rings (SSSR count). The minimum atomic E-state index is -0.666. The van der Waals surface area contributed by atoms with Gasteiger partial charge < -0.3 is 14.5 Å². The van der Waals surface area contributed by atoms with Crippen LogP contribution in [0.5, 0.6) is 11.5 Å². The molecule has 3 aromatic carbocycles. The summed E-state index contributed by atoms with van der Waals surface area (Å²) in [5.41, 5.74) is 2.54. The fraction of sp³-hybridized carbons (Fsp3) is 0.207. The average Bonchev–Trinajstić information content (AvgIpc) is 2.91. The zero-order chi connectivity index (χ0) is 26.8. The van der Waals surface area contributed by atoms with Crippen molar-refractivity contribution in [2.75, 3.05) is 31.1 Å². The molecule has 38 heavy (non-hydrogen) atoms. The van der Waals surface area contributed by atoms with Crippen molar-refractivity contribution in [1.82, 2.24) is 14.7 Å². The number of rotatable bonds is 5. The summed E-state index contributed by atoms with van der Waals surface area (Å²) in [6.45, 7) is 5.58. The van der Waals surface area contributed by atoms with E-state index in [1.54, 1.807) is 35.4 Å². The molecule has 0 atom stereocenters. The SMILES string of the molecule is CC(=O)N1CCN(c2cnn(-c3ccc(C)cc3)c(=O)c2Oc2ccc(-c3ccc(F)cc3F)cc2)CC1. The maximum Gasteiger partial charge on any atom is 0.316 e. The van der Waals surface area contributed by atoms with Gasteiger partial charge in [-0.25, -0.2) is 8.78 Å². The van der Waals surface area contributed by atoms with Crippen LogP contribution >= 0.6 is 0 Å². The molecule has 0 bridgehead atoms. The fourth-order valence-electron chi connectivity index (χ4n) is 4.43. The van der Waals surface area contributed by atoms with E-state index in [9.17, 15) is 18.4 Å². The first-order valence-electron chi connectivity index (χ1n) is 12.2. The summed E-state index contributed by atoms with van der Waals surface area (Å²) < 4.78 is 35.0. The van der Waals surface area contributed by atoms with Crippen molar-refractivity contribution in [1.29, 1.82) is 0 Å². The van der Waals surface area contributed by atoms with Gasteiger partial charge in [0, 0.05) is 44.7 Å². The predicted octanol–water partition coefficient (Wildman–Crippen LogP) is 4.95. The van der Waals surface area contributed by atoms with Gasteiger partial charge in [0.1, 0.15) is 23.1 Å². The van der Waals surface area contributed by atoms with Crippen LogP contribution in [0.4, 0.5) is 14.5 Å². The van der Waals surface area contributed by atoms with Crippen LogP contribution in [0.1, 0.15) is 12.5 Å². The van der Waals surface area contributed by atoms with Crippen LogP contribution in [0.15, 0.2) is 77.7 Å². The predicted molar refractivity (Wildman–Crippen MR) is 141 cm³/mol. The first kappa shape index (κ1) is 25.1. The smallest absolute Gasteiger partial charge is 0.316 e. The number of aryl methyl sites for hydroxylation is 1. The van der Waals surface area contributed by atoms with Crippen molar-refractivity contribution in [2.45, 2.75) is 13.8 Å². The summed E-state index contributed by atoms with van der Waals surface area (Å²) in [5, 5.41) is 4.41. The van der Waals surface area contributed by atoms with Crippen LogP contribution in [0.3, 0.4) is 0 Å². The van der Waals surface area contributed by atoms with E-state index in [2.05, 4.69) is 5.10 Å². The highest BCUT2D eigenvalue weighted by Gasteiger charge is 2.25. The van der Waals surface area contributed by atoms with Crippen molar-refractivity contribution in [3.8, 4) is 28.3 Å². The number of benzene rings is 3. The molecule has 4 aromatic rings. The molecule has 0 N–H and O–H groups in total. The fourth-order valence-corrected chi connectivity index (χ4v) is 4.43. The van der Waals surface area contributed by atoms with E-state index < -0.39 is 17.2 Å². The molecule has 0 radical (unpaired) electrons. The highest BCUT2D eigenvalue weighted by Crippen LogP contribution is 2.32. The van der Waals surface area contributed by atoms with E-state index in [0.717, 1.165) is 11.6 Å². The number of carbonyl (C=O) groups is 1. The van der Waals surface area contributed by atoms with E-state index in [1.807, 2.05) is 36.1 Å². The maximum atomic E-state index is 14.3. The molecule has 194 valence electrons. The standard InChI is InChI=1S/C29H26F2N4O3/c1-19-3-8-23(9-4-19)35-29(37)28(27(18-32-35)34-15-13-33(14-16-34)20(2)36)38-24-10-5-21(6-11-24)25-12-7-22(30)17-26(25)31/h3-12,17-18H,13-16H2,1-2H3. The molecule has 1 amide bonds. The van der Waals surface area contributed by atoms with Gasteiger partial charge in [-0.05, 0) is 48.9 Å². The second-order valence-electron chi connectivity index (χ2n) is 9.16. The Morgan fingerprint density at radius 3 is 2.24 bits per heavy atom. The molecule has 2 heterocycles. The maximum absolute atomic E-state index is 14.3. The van der Waals surface area contributed by atoms with E-state index in [1.165, 1.54) is 23.7 Å². The van der Waals surface area contributed by atoms with Crippen LogP contribution in [0, 0.1) is 18.6 Å². The van der Waals surface area contributed by atoms with Gasteiger partial charge in [-0.15, -0.1) is 0 Å². The number of nitrogens with zero attached hydrogens (tertiary/aromatic N) is 4. The largest absolute Gasteiger partial charge is 0.449 e. The first-order chi connectivity index (χ1) is 18.3. The lowest BCUT2D eigenvalue weighted by atomic mass is 10.1. The quantitative estimate of drug-likeness (QED) is 0.376. The van der Waals surface area contributed by atoms with Gasteiger partial charge in [0.05, 0.1) is 11.9 Å². The number of aromatic nitrogens is 2. The first-order valence-corrected chi connectivity index (χ1v) is 12.2. The summed E-state index contributed by atoms with van der Waals surface area (Å²) in [6.07, 6.45) is 1.60. The summed E-state index contributed by atoms with van der Waals surface area (Å²) in [7, 11) is 0. The molecule has 0 aliphatic carbocycles. The molecule has 1 saturated heterocycles. The monoisotopic (exact) mass is 516 g/mol. The minimum Gasteiger partial charge on any atom is -0.449 e. The second kappa shape index (κ2) is 10.5. The van der Waals surface area contributed by atoms with Gasteiger partial charge in [-0.1, -0.05) is 29.8 Å². The molecule has 0 saturated carbocycles. The normalized spacial score (nSPS) is 13.5. The van der Waals surface area contributed by atoms with Gasteiger partial charge in [0.2, 0.25) is 11.7 Å². The second-order valence-corrected chi connectivity index (χ2v) is 9.16. The Hall–Kier alpha value is -4.53. The molecule has 0 unspecified atom stereocenters. The number of piperazine rings is 1. The van der Waals surface area contributed by atoms with Crippen LogP contribution in [-0.4, -0.2) is 46.8 Å². The molecular formula is C29H26F2N4O3. The van der Waals surface area contributed by atoms with Crippen LogP contribution in [0.25, 0.3) is 16.8 Å². The number of carbonyl (C=O) groups excluding carboxylic acids is 1. The Morgan fingerprint density at radius 2 is 1.61 bits per heavy atom. The van der Waals surface area contributed by atoms with Gasteiger partial charge in [0.15, 0.2) is 0 Å². The zero-order valence-corrected chi connectivity index (χ0v) is 21.0. The molecule has 9 heteroatoms. The Bertz CT molecular complexity index is 1530. The van der Waals surface area contributed by atoms with Crippen LogP contribution in [-0.2, 0) is 4.79 Å². The number of halogens is 2. The number of ether oxygens (including phenoxy) is 1. The Balaban J connectivity index is 1.50. The van der Waals surface area contributed by atoms with E-state index in [-0.39, 0.29) is 17.2 Å². The lowest BCUT2D eigenvalue weighted by Gasteiger charge is -2.35. The minimum absolute atomic E-state index is 0.00622. The van der Waals surface area contributed by atoms with Gasteiger partial charge >= 0.3 is 5.56 Å². The van der Waals surface area contributed by atoms with Gasteiger partial charge in [-0.2, -0.15) is 9.78 Å². The van der Waals surface area contributed by atoms with E-state index in [4.69, 9.17) is 4.74 Å². The number of hydrogen-bond acceptors (Lipinski definition) is 5. The molecule has 1 aromatic heterocycles. The molecule has 7 nitrogen and oxygen atoms in total. The van der Waals surface area contributed by atoms with Gasteiger partial charge in [-0.3, -0.25) is 9.59 Å². The Morgan fingerprint density at radius 1 is 0.921 bits per heavy atom. The molecule has 0 spiro atoms. The lowest BCUT2D eigenvalue weighted by Crippen LogP contribution is -2.48. The van der Waals surface area contributed by atoms with E-state index >= 15 is 0 Å². The van der Waals surface area contributed by atoms with Crippen molar-refractivity contribution in [2.24, 2.45) is 0 Å². The summed E-state index contributed by atoms with van der Waals surface area (Å²) in [5.74, 6) is -0.839. The average molecular weight is 517 g/mol. The number of hydrogen-bond donors (Lipinski definition) is 0. The lowest BCUT2D eigenvalue weighted by molar-refractivity contribution is -0.129. The third-order valence-electron chi connectivity index (χ3n) is 6.58. The molecule has 1 aliphatic heterocycles. The third kappa shape index (κ3) is 5.13. The van der Waals surface area contributed by atoms with Crippen molar-refractivity contribution in [3.63, 3.8) is 0 Å². The molecule has 1 aliphatic rings. The summed E-state index contributed by atoms with van der Waals surface area (Å²) >= 11 is 0. The third-order valence-corrected chi connectivity index (χ3v) is 6.58. The number of amides is 1. The van der Waals surface area contributed by atoms with Crippen LogP contribution < -0.4 is 15.2 Å². The Kier molecular flexibility index (Phi) is 6.91. The summed E-state index contributed by atoms with van der Waals surface area (Å²) in [4.78, 5) is 29.2. The van der Waals surface area contributed by atoms with Crippen molar-refractivity contribution >= 4 is 11.6 Å². The summed E-state index contributed by atoms with van der Waals surface area (Å²) in [6, 6.07) is 17.4. The van der Waals surface area contributed by atoms with Gasteiger partial charge in [0.25, 0.3) is 0 Å². The zero-order valence-electron chi connectivity index (χ0n) is 21.0. The molecular weight excluding hydrogens is 490 g/mol. The topological polar surface area (TPSA) is 67.7 Å². The van der Waals surface area contributed by atoms with Crippen molar-refractivity contribution in [3.05, 3.63) is 100 Å². The highest BCUT2D eigenvalue weighted by molar-refractivity contribution is 5.73. The van der Waals surface area contributed by atoms with Crippen LogP contribution in [0.2, 0.25) is 0 Å². The Labute approximate surface area is 218 Å². The van der Waals surface area contributed by atoms with Crippen molar-refractivity contribution < 1.29 is 18.3 Å². The molecule has 1 fully saturated rings. The van der Waals surface area contributed by atoms with E-state index in [0.29, 0.717) is 48.9 Å². The number of anilines is 1. The highest BCUT2D eigenvalue weighted by atomic mass is 19.1.